The molecule has 6 nitrogen and oxygen atoms in total. The number of nitrogens with one attached hydrogen (secondary N) is 1. The molecule has 2 heterocycles. The third-order valence-electron chi connectivity index (χ3n) is 3.32. The number of rotatable bonds is 4. The summed E-state index contributed by atoms with van der Waals surface area (Å²) in [5, 5.41) is 2.90. The minimum Gasteiger partial charge on any atom is -0.372 e. The number of likely N-dealkylation sites (tertiary alicyclic amines) is 1. The van der Waals surface area contributed by atoms with Crippen LogP contribution in [0.3, 0.4) is 0 Å². The molecule has 1 atom stereocenters. The summed E-state index contributed by atoms with van der Waals surface area (Å²) in [6.45, 7) is 1.70. The number of hydrogen-bond acceptors (Lipinski definition) is 5. The highest BCUT2D eigenvalue weighted by atomic mass is 16.2. The van der Waals surface area contributed by atoms with E-state index in [-0.39, 0.29) is 11.9 Å². The van der Waals surface area contributed by atoms with Crippen molar-refractivity contribution < 1.29 is 4.79 Å². The predicted molar refractivity (Wildman–Crippen MR) is 74.2 cm³/mol. The van der Waals surface area contributed by atoms with Gasteiger partial charge < -0.3 is 15.1 Å². The number of nitrogens with zero attached hydrogens (tertiary/aromatic N) is 4. The first-order chi connectivity index (χ1) is 9.11. The molecule has 0 aromatic carbocycles. The highest BCUT2D eigenvalue weighted by Gasteiger charge is 2.30. The molecule has 0 aliphatic carbocycles. The van der Waals surface area contributed by atoms with Gasteiger partial charge in [0.15, 0.2) is 0 Å². The average Bonchev–Trinajstić information content (AvgIpc) is 2.85. The monoisotopic (exact) mass is 263 g/mol. The number of likely N-dealkylation sites (N-methyl/N-ethyl adjacent to an activating group) is 1. The fourth-order valence-corrected chi connectivity index (χ4v) is 2.45. The fourth-order valence-electron chi connectivity index (χ4n) is 2.45. The van der Waals surface area contributed by atoms with Crippen LogP contribution in [-0.4, -0.2) is 65.9 Å². The highest BCUT2D eigenvalue weighted by Crippen LogP contribution is 2.20. The van der Waals surface area contributed by atoms with Gasteiger partial charge in [-0.05, 0) is 26.9 Å². The van der Waals surface area contributed by atoms with Crippen molar-refractivity contribution in [2.75, 3.05) is 39.5 Å². The predicted octanol–water partition coefficient (Wildman–Crippen LogP) is 0.684. The van der Waals surface area contributed by atoms with Crippen LogP contribution in [0, 0.1) is 0 Å². The van der Waals surface area contributed by atoms with Crippen LogP contribution < -0.4 is 5.32 Å². The molecular formula is C13H21N5O. The Morgan fingerprint density at radius 3 is 3.00 bits per heavy atom. The summed E-state index contributed by atoms with van der Waals surface area (Å²) >= 11 is 0. The van der Waals surface area contributed by atoms with Crippen molar-refractivity contribution in [2.24, 2.45) is 0 Å². The van der Waals surface area contributed by atoms with E-state index < -0.39 is 0 Å². The first-order valence-corrected chi connectivity index (χ1v) is 6.57. The Hall–Kier alpha value is -1.69. The van der Waals surface area contributed by atoms with Crippen molar-refractivity contribution in [3.63, 3.8) is 0 Å². The molecule has 1 fully saturated rings. The van der Waals surface area contributed by atoms with Gasteiger partial charge in [-0.2, -0.15) is 0 Å². The summed E-state index contributed by atoms with van der Waals surface area (Å²) in [5.74, 6) is 0.600. The summed E-state index contributed by atoms with van der Waals surface area (Å²) in [7, 11) is 5.83. The molecule has 1 aliphatic rings. The molecule has 2 rings (SSSR count). The number of aromatic nitrogens is 2. The Morgan fingerprint density at radius 2 is 2.32 bits per heavy atom. The maximum atomic E-state index is 12.5. The third-order valence-corrected chi connectivity index (χ3v) is 3.32. The molecule has 1 N–H and O–H groups in total. The Labute approximate surface area is 113 Å². The van der Waals surface area contributed by atoms with Gasteiger partial charge in [-0.3, -0.25) is 9.78 Å². The smallest absolute Gasteiger partial charge is 0.274 e. The van der Waals surface area contributed by atoms with Gasteiger partial charge in [0.05, 0.1) is 12.4 Å². The largest absolute Gasteiger partial charge is 0.372 e. The molecule has 1 saturated heterocycles. The van der Waals surface area contributed by atoms with E-state index in [0.717, 1.165) is 25.9 Å². The molecule has 0 saturated carbocycles. The number of anilines is 1. The van der Waals surface area contributed by atoms with Crippen molar-refractivity contribution in [2.45, 2.75) is 18.9 Å². The Kier molecular flexibility index (Phi) is 4.31. The fraction of sp³-hybridized carbons (Fsp3) is 0.615. The van der Waals surface area contributed by atoms with E-state index in [0.29, 0.717) is 11.5 Å². The van der Waals surface area contributed by atoms with E-state index in [9.17, 15) is 4.79 Å². The van der Waals surface area contributed by atoms with Gasteiger partial charge in [0.2, 0.25) is 0 Å². The lowest BCUT2D eigenvalue weighted by Gasteiger charge is -2.26. The van der Waals surface area contributed by atoms with E-state index in [2.05, 4.69) is 20.2 Å². The van der Waals surface area contributed by atoms with Crippen molar-refractivity contribution in [1.29, 1.82) is 0 Å². The Bertz CT molecular complexity index is 448. The Morgan fingerprint density at radius 1 is 1.53 bits per heavy atom. The van der Waals surface area contributed by atoms with Crippen LogP contribution in [0.2, 0.25) is 0 Å². The summed E-state index contributed by atoms with van der Waals surface area (Å²) in [6, 6.07) is 0.280. The first-order valence-electron chi connectivity index (χ1n) is 6.57. The molecule has 0 radical (unpaired) electrons. The summed E-state index contributed by atoms with van der Waals surface area (Å²) in [4.78, 5) is 24.8. The molecule has 19 heavy (non-hydrogen) atoms. The molecule has 104 valence electrons. The van der Waals surface area contributed by atoms with Crippen molar-refractivity contribution in [3.05, 3.63) is 18.1 Å². The van der Waals surface area contributed by atoms with Crippen LogP contribution in [-0.2, 0) is 0 Å². The molecule has 1 aromatic rings. The second-order valence-corrected chi connectivity index (χ2v) is 5.10. The molecule has 1 aromatic heterocycles. The maximum absolute atomic E-state index is 12.5. The Balaban J connectivity index is 2.13. The SMILES string of the molecule is CNc1cncc(C(=O)N2CCCC2CN(C)C)n1. The zero-order valence-corrected chi connectivity index (χ0v) is 11.8. The molecule has 1 amide bonds. The molecule has 0 spiro atoms. The van der Waals surface area contributed by atoms with Crippen molar-refractivity contribution in [3.8, 4) is 0 Å². The van der Waals surface area contributed by atoms with Crippen molar-refractivity contribution >= 4 is 11.7 Å². The van der Waals surface area contributed by atoms with Crippen molar-refractivity contribution in [1.82, 2.24) is 19.8 Å². The van der Waals surface area contributed by atoms with E-state index in [1.165, 1.54) is 6.20 Å². The zero-order chi connectivity index (χ0) is 13.8. The quantitative estimate of drug-likeness (QED) is 0.866. The van der Waals surface area contributed by atoms with Crippen LogP contribution in [0.5, 0.6) is 0 Å². The van der Waals surface area contributed by atoms with Gasteiger partial charge in [-0.15, -0.1) is 0 Å². The van der Waals surface area contributed by atoms with Crippen LogP contribution in [0.1, 0.15) is 23.3 Å². The van der Waals surface area contributed by atoms with Gasteiger partial charge in [0.25, 0.3) is 5.91 Å². The topological polar surface area (TPSA) is 61.4 Å². The maximum Gasteiger partial charge on any atom is 0.274 e. The molecule has 1 aliphatic heterocycles. The number of carbonyl (C=O) groups is 1. The van der Waals surface area contributed by atoms with Crippen LogP contribution in [0.25, 0.3) is 0 Å². The van der Waals surface area contributed by atoms with E-state index >= 15 is 0 Å². The van der Waals surface area contributed by atoms with Gasteiger partial charge in [0.1, 0.15) is 11.5 Å². The zero-order valence-electron chi connectivity index (χ0n) is 11.8. The first kappa shape index (κ1) is 13.7. The molecule has 0 bridgehead atoms. The minimum absolute atomic E-state index is 0.0195. The summed E-state index contributed by atoms with van der Waals surface area (Å²) < 4.78 is 0. The lowest BCUT2D eigenvalue weighted by molar-refractivity contribution is 0.0710. The third kappa shape index (κ3) is 3.20. The van der Waals surface area contributed by atoms with Gasteiger partial charge >= 0.3 is 0 Å². The lowest BCUT2D eigenvalue weighted by atomic mass is 10.2. The minimum atomic E-state index is -0.0195. The van der Waals surface area contributed by atoms with Gasteiger partial charge in [-0.1, -0.05) is 0 Å². The van der Waals surface area contributed by atoms with Crippen LogP contribution >= 0.6 is 0 Å². The van der Waals surface area contributed by atoms with E-state index in [1.807, 2.05) is 19.0 Å². The van der Waals surface area contributed by atoms with Crippen LogP contribution in [0.4, 0.5) is 5.82 Å². The van der Waals surface area contributed by atoms with Gasteiger partial charge in [0, 0.05) is 26.2 Å². The second-order valence-electron chi connectivity index (χ2n) is 5.10. The lowest BCUT2D eigenvalue weighted by Crippen LogP contribution is -2.41. The van der Waals surface area contributed by atoms with Gasteiger partial charge in [-0.25, -0.2) is 4.98 Å². The standard InChI is InChI=1S/C13H21N5O/c1-14-12-8-15-7-11(16-12)13(19)18-6-4-5-10(18)9-17(2)3/h7-8,10H,4-6,9H2,1-3H3,(H,14,16). The summed E-state index contributed by atoms with van der Waals surface area (Å²) in [6.07, 6.45) is 5.26. The van der Waals surface area contributed by atoms with E-state index in [1.54, 1.807) is 13.2 Å². The number of amides is 1. The number of carbonyl (C=O) groups excluding carboxylic acids is 1. The second kappa shape index (κ2) is 5.97. The average molecular weight is 263 g/mol. The van der Waals surface area contributed by atoms with Crippen LogP contribution in [0.15, 0.2) is 12.4 Å². The molecule has 6 heteroatoms. The molecule has 1 unspecified atom stereocenters. The summed E-state index contributed by atoms with van der Waals surface area (Å²) in [5.41, 5.74) is 0.414. The normalized spacial score (nSPS) is 18.9. The highest BCUT2D eigenvalue weighted by molar-refractivity contribution is 5.92. The van der Waals surface area contributed by atoms with E-state index in [4.69, 9.17) is 0 Å². The molecular weight excluding hydrogens is 242 g/mol. The number of hydrogen-bond donors (Lipinski definition) is 1.